The smallest absolute Gasteiger partial charge is 0.239 e. The number of hydrogen-bond donors (Lipinski definition) is 1. The number of aromatic nitrogens is 2. The zero-order valence-corrected chi connectivity index (χ0v) is 14.8. The van der Waals surface area contributed by atoms with Crippen LogP contribution in [0.2, 0.25) is 0 Å². The molecule has 1 aromatic rings. The summed E-state index contributed by atoms with van der Waals surface area (Å²) < 4.78 is 1.87. The number of aliphatic hydroxyl groups excluding tert-OH is 1. The summed E-state index contributed by atoms with van der Waals surface area (Å²) in [5.74, 6) is 1.11. The van der Waals surface area contributed by atoms with Crippen LogP contribution in [0.3, 0.4) is 0 Å². The van der Waals surface area contributed by atoms with E-state index in [0.29, 0.717) is 5.82 Å². The maximum atomic E-state index is 12.7. The van der Waals surface area contributed by atoms with E-state index in [1.165, 1.54) is 0 Å². The SMILES string of the molecule is CCCC(C(=O)N1CCC(C(O)c2nccn2C)CC1)N(C)C. The average Bonchev–Trinajstić information content (AvgIpc) is 2.97. The van der Waals surface area contributed by atoms with Crippen molar-refractivity contribution in [3.63, 3.8) is 0 Å². The first kappa shape index (κ1) is 17.9. The second-order valence-electron chi connectivity index (χ2n) is 6.77. The fraction of sp³-hybridized carbons (Fsp3) is 0.765. The highest BCUT2D eigenvalue weighted by Gasteiger charge is 2.32. The van der Waals surface area contributed by atoms with E-state index in [1.807, 2.05) is 41.7 Å². The maximum Gasteiger partial charge on any atom is 0.239 e. The van der Waals surface area contributed by atoms with E-state index in [2.05, 4.69) is 11.9 Å². The minimum Gasteiger partial charge on any atom is -0.385 e. The lowest BCUT2D eigenvalue weighted by atomic mass is 9.90. The van der Waals surface area contributed by atoms with Crippen LogP contribution in [-0.2, 0) is 11.8 Å². The van der Waals surface area contributed by atoms with Crippen LogP contribution in [0.4, 0.5) is 0 Å². The zero-order valence-electron chi connectivity index (χ0n) is 14.8. The molecule has 130 valence electrons. The van der Waals surface area contributed by atoms with Crippen molar-refractivity contribution < 1.29 is 9.90 Å². The number of imidazole rings is 1. The number of likely N-dealkylation sites (N-methyl/N-ethyl adjacent to an activating group) is 1. The molecule has 23 heavy (non-hydrogen) atoms. The number of aryl methyl sites for hydroxylation is 1. The number of likely N-dealkylation sites (tertiary alicyclic amines) is 1. The van der Waals surface area contributed by atoms with Crippen LogP contribution in [0, 0.1) is 5.92 Å². The van der Waals surface area contributed by atoms with Crippen LogP contribution in [0.15, 0.2) is 12.4 Å². The second-order valence-corrected chi connectivity index (χ2v) is 6.77. The van der Waals surface area contributed by atoms with Gasteiger partial charge in [0.2, 0.25) is 5.91 Å². The fourth-order valence-corrected chi connectivity index (χ4v) is 3.40. The van der Waals surface area contributed by atoms with Gasteiger partial charge in [-0.2, -0.15) is 0 Å². The number of nitrogens with zero attached hydrogens (tertiary/aromatic N) is 4. The van der Waals surface area contributed by atoms with Gasteiger partial charge in [0.05, 0.1) is 6.04 Å². The van der Waals surface area contributed by atoms with Crippen molar-refractivity contribution in [3.05, 3.63) is 18.2 Å². The van der Waals surface area contributed by atoms with E-state index in [4.69, 9.17) is 0 Å². The highest BCUT2D eigenvalue weighted by atomic mass is 16.3. The molecular formula is C17H30N4O2. The predicted molar refractivity (Wildman–Crippen MR) is 89.9 cm³/mol. The number of hydrogen-bond acceptors (Lipinski definition) is 4. The minimum atomic E-state index is -0.549. The lowest BCUT2D eigenvalue weighted by molar-refractivity contribution is -0.138. The van der Waals surface area contributed by atoms with Gasteiger partial charge in [0.15, 0.2) is 0 Å². The first-order valence-corrected chi connectivity index (χ1v) is 8.56. The molecule has 1 aliphatic rings. The fourth-order valence-electron chi connectivity index (χ4n) is 3.40. The molecule has 6 heteroatoms. The molecule has 0 radical (unpaired) electrons. The van der Waals surface area contributed by atoms with Gasteiger partial charge in [-0.15, -0.1) is 0 Å². The molecule has 2 unspecified atom stereocenters. The normalized spacial score (nSPS) is 19.1. The monoisotopic (exact) mass is 322 g/mol. The Kier molecular flexibility index (Phi) is 6.18. The van der Waals surface area contributed by atoms with Gasteiger partial charge in [-0.1, -0.05) is 13.3 Å². The van der Waals surface area contributed by atoms with Crippen LogP contribution >= 0.6 is 0 Å². The summed E-state index contributed by atoms with van der Waals surface area (Å²) in [4.78, 5) is 20.9. The van der Waals surface area contributed by atoms with Crippen molar-refractivity contribution in [1.29, 1.82) is 0 Å². The van der Waals surface area contributed by atoms with E-state index in [9.17, 15) is 9.90 Å². The number of carbonyl (C=O) groups is 1. The quantitative estimate of drug-likeness (QED) is 0.860. The molecule has 0 bridgehead atoms. The Morgan fingerprint density at radius 1 is 1.43 bits per heavy atom. The summed E-state index contributed by atoms with van der Waals surface area (Å²) in [6.07, 6.45) is 6.56. The van der Waals surface area contributed by atoms with Crippen molar-refractivity contribution in [1.82, 2.24) is 19.4 Å². The van der Waals surface area contributed by atoms with Gasteiger partial charge in [0.1, 0.15) is 11.9 Å². The summed E-state index contributed by atoms with van der Waals surface area (Å²) in [7, 11) is 5.84. The Morgan fingerprint density at radius 2 is 2.09 bits per heavy atom. The van der Waals surface area contributed by atoms with Gasteiger partial charge in [-0.3, -0.25) is 9.69 Å². The summed E-state index contributed by atoms with van der Waals surface area (Å²) >= 11 is 0. The van der Waals surface area contributed by atoms with Gasteiger partial charge in [-0.25, -0.2) is 4.98 Å². The molecule has 1 amide bonds. The third kappa shape index (κ3) is 4.12. The van der Waals surface area contributed by atoms with E-state index < -0.39 is 6.10 Å². The third-order valence-corrected chi connectivity index (χ3v) is 4.89. The van der Waals surface area contributed by atoms with Crippen molar-refractivity contribution >= 4 is 5.91 Å². The number of aliphatic hydroxyl groups is 1. The average molecular weight is 322 g/mol. The Hall–Kier alpha value is -1.40. The highest BCUT2D eigenvalue weighted by molar-refractivity contribution is 5.81. The second kappa shape index (κ2) is 7.93. The first-order valence-electron chi connectivity index (χ1n) is 8.56. The maximum absolute atomic E-state index is 12.7. The Bertz CT molecular complexity index is 506. The molecule has 0 saturated carbocycles. The van der Waals surface area contributed by atoms with Crippen LogP contribution in [0.25, 0.3) is 0 Å². The summed E-state index contributed by atoms with van der Waals surface area (Å²) in [5, 5.41) is 10.5. The van der Waals surface area contributed by atoms with Gasteiger partial charge in [0.25, 0.3) is 0 Å². The molecule has 6 nitrogen and oxygen atoms in total. The summed E-state index contributed by atoms with van der Waals surface area (Å²) in [6.45, 7) is 3.55. The molecule has 0 spiro atoms. The number of amides is 1. The van der Waals surface area contributed by atoms with E-state index in [0.717, 1.165) is 38.8 Å². The van der Waals surface area contributed by atoms with E-state index in [1.54, 1.807) is 6.20 Å². The molecule has 1 aromatic heterocycles. The molecule has 2 atom stereocenters. The largest absolute Gasteiger partial charge is 0.385 e. The standard InChI is InChI=1S/C17H30N4O2/c1-5-6-14(19(2)3)17(23)21-10-7-13(8-11-21)15(22)16-18-9-12-20(16)4/h9,12-15,22H,5-8,10-11H2,1-4H3. The number of piperidine rings is 1. The lowest BCUT2D eigenvalue weighted by Crippen LogP contribution is -2.49. The summed E-state index contributed by atoms with van der Waals surface area (Å²) in [6, 6.07) is -0.0315. The molecule has 2 rings (SSSR count). The van der Waals surface area contributed by atoms with Crippen LogP contribution < -0.4 is 0 Å². The van der Waals surface area contributed by atoms with Crippen molar-refractivity contribution in [2.45, 2.75) is 44.8 Å². The molecule has 0 aromatic carbocycles. The highest BCUT2D eigenvalue weighted by Crippen LogP contribution is 2.30. The Labute approximate surface area is 139 Å². The summed E-state index contributed by atoms with van der Waals surface area (Å²) in [5.41, 5.74) is 0. The predicted octanol–water partition coefficient (Wildman–Crippen LogP) is 1.42. The molecule has 0 aliphatic carbocycles. The van der Waals surface area contributed by atoms with E-state index in [-0.39, 0.29) is 17.9 Å². The van der Waals surface area contributed by atoms with Crippen molar-refractivity contribution in [2.24, 2.45) is 13.0 Å². The number of rotatable bonds is 6. The first-order chi connectivity index (χ1) is 11.0. The minimum absolute atomic E-state index is 0.0315. The number of carbonyl (C=O) groups excluding carboxylic acids is 1. The zero-order chi connectivity index (χ0) is 17.0. The molecule has 1 saturated heterocycles. The van der Waals surface area contributed by atoms with Gasteiger partial charge in [0, 0.05) is 32.5 Å². The Morgan fingerprint density at radius 3 is 2.57 bits per heavy atom. The van der Waals surface area contributed by atoms with Crippen LogP contribution in [0.5, 0.6) is 0 Å². The van der Waals surface area contributed by atoms with Crippen molar-refractivity contribution in [3.8, 4) is 0 Å². The molecule has 1 fully saturated rings. The van der Waals surface area contributed by atoms with Gasteiger partial charge >= 0.3 is 0 Å². The van der Waals surface area contributed by atoms with Crippen molar-refractivity contribution in [2.75, 3.05) is 27.2 Å². The molecule has 1 aliphatic heterocycles. The van der Waals surface area contributed by atoms with Crippen LogP contribution in [-0.4, -0.2) is 63.6 Å². The van der Waals surface area contributed by atoms with Gasteiger partial charge in [-0.05, 0) is 39.3 Å². The third-order valence-electron chi connectivity index (χ3n) is 4.89. The molecular weight excluding hydrogens is 292 g/mol. The Balaban J connectivity index is 1.93. The molecule has 2 heterocycles. The van der Waals surface area contributed by atoms with E-state index >= 15 is 0 Å². The lowest BCUT2D eigenvalue weighted by Gasteiger charge is -2.37. The topological polar surface area (TPSA) is 61.6 Å². The van der Waals surface area contributed by atoms with Crippen LogP contribution in [0.1, 0.15) is 44.5 Å². The molecule has 1 N–H and O–H groups in total. The van der Waals surface area contributed by atoms with Gasteiger partial charge < -0.3 is 14.6 Å².